The fourth-order valence-electron chi connectivity index (χ4n) is 3.07. The van der Waals surface area contributed by atoms with Gasteiger partial charge in [0.1, 0.15) is 11.5 Å². The lowest BCUT2D eigenvalue weighted by atomic mass is 10.2. The van der Waals surface area contributed by atoms with Crippen LogP contribution < -0.4 is 4.74 Å². The second-order valence-corrected chi connectivity index (χ2v) is 10.1. The van der Waals surface area contributed by atoms with E-state index >= 15 is 0 Å². The van der Waals surface area contributed by atoms with Crippen molar-refractivity contribution in [1.29, 1.82) is 0 Å². The minimum atomic E-state index is -3.62. The Morgan fingerprint density at radius 1 is 1.10 bits per heavy atom. The maximum absolute atomic E-state index is 12.9. The number of hydrogen-bond donors (Lipinski definition) is 0. The van der Waals surface area contributed by atoms with Gasteiger partial charge in [-0.1, -0.05) is 6.07 Å². The molecule has 0 unspecified atom stereocenters. The van der Waals surface area contributed by atoms with E-state index in [1.165, 1.54) is 30.6 Å². The summed E-state index contributed by atoms with van der Waals surface area (Å²) in [5, 5.41) is 1.98. The van der Waals surface area contributed by atoms with E-state index in [1.54, 1.807) is 40.7 Å². The van der Waals surface area contributed by atoms with Crippen molar-refractivity contribution in [3.05, 3.63) is 70.8 Å². The molecule has 166 valence electrons. The lowest BCUT2D eigenvalue weighted by molar-refractivity contribution is -0.132. The number of carbonyl (C=O) groups is 1. The number of sulfonamides is 1. The lowest BCUT2D eigenvalue weighted by Gasteiger charge is -2.22. The number of thiophene rings is 1. The Balaban J connectivity index is 1.57. The molecule has 2 heterocycles. The summed E-state index contributed by atoms with van der Waals surface area (Å²) in [5.41, 5.74) is 0. The van der Waals surface area contributed by atoms with E-state index in [0.717, 1.165) is 4.88 Å². The number of ether oxygens (including phenoxy) is 1. The van der Waals surface area contributed by atoms with Gasteiger partial charge in [-0.3, -0.25) is 4.79 Å². The van der Waals surface area contributed by atoms with Crippen LogP contribution in [0.3, 0.4) is 0 Å². The number of amides is 1. The average Bonchev–Trinajstić information content (AvgIpc) is 3.47. The first-order chi connectivity index (χ1) is 14.9. The summed E-state index contributed by atoms with van der Waals surface area (Å²) >= 11 is 1.59. The molecule has 0 aliphatic heterocycles. The molecule has 31 heavy (non-hydrogen) atoms. The van der Waals surface area contributed by atoms with Crippen LogP contribution in [0.15, 0.2) is 69.5 Å². The SMILES string of the molecule is COc1ccc(S(=O)(=O)N(C)CCCC(=O)N(Cc2ccco2)Cc2cccs2)cc1. The normalized spacial score (nSPS) is 11.6. The van der Waals surface area contributed by atoms with Crippen LogP contribution in [-0.4, -0.2) is 44.2 Å². The summed E-state index contributed by atoms with van der Waals surface area (Å²) < 4.78 is 37.2. The fraction of sp³-hybridized carbons (Fsp3) is 0.318. The summed E-state index contributed by atoms with van der Waals surface area (Å²) in [6, 6.07) is 13.8. The Kier molecular flexibility index (Phi) is 7.89. The van der Waals surface area contributed by atoms with Gasteiger partial charge in [-0.05, 0) is 54.3 Å². The molecule has 1 aromatic carbocycles. The summed E-state index contributed by atoms with van der Waals surface area (Å²) in [7, 11) is -0.572. The number of nitrogens with zero attached hydrogens (tertiary/aromatic N) is 2. The van der Waals surface area contributed by atoms with Crippen LogP contribution in [0.1, 0.15) is 23.5 Å². The highest BCUT2D eigenvalue weighted by Crippen LogP contribution is 2.20. The van der Waals surface area contributed by atoms with E-state index in [4.69, 9.17) is 9.15 Å². The van der Waals surface area contributed by atoms with Crippen LogP contribution in [0.2, 0.25) is 0 Å². The Hall–Kier alpha value is -2.62. The van der Waals surface area contributed by atoms with Crippen molar-refractivity contribution in [2.75, 3.05) is 20.7 Å². The minimum Gasteiger partial charge on any atom is -0.497 e. The molecule has 3 rings (SSSR count). The molecule has 2 aromatic heterocycles. The fourth-order valence-corrected chi connectivity index (χ4v) is 5.00. The van der Waals surface area contributed by atoms with Crippen LogP contribution in [0.5, 0.6) is 5.75 Å². The smallest absolute Gasteiger partial charge is 0.242 e. The van der Waals surface area contributed by atoms with Crippen molar-refractivity contribution in [1.82, 2.24) is 9.21 Å². The van der Waals surface area contributed by atoms with Crippen LogP contribution in [-0.2, 0) is 27.9 Å². The molecule has 1 amide bonds. The summed E-state index contributed by atoms with van der Waals surface area (Å²) in [4.78, 5) is 15.9. The minimum absolute atomic E-state index is 0.0416. The van der Waals surface area contributed by atoms with Crippen molar-refractivity contribution in [2.24, 2.45) is 0 Å². The average molecular weight is 463 g/mol. The molecule has 0 bridgehead atoms. The first-order valence-electron chi connectivity index (χ1n) is 9.83. The van der Waals surface area contributed by atoms with E-state index in [2.05, 4.69) is 0 Å². The van der Waals surface area contributed by atoms with Gasteiger partial charge < -0.3 is 14.1 Å². The monoisotopic (exact) mass is 462 g/mol. The number of benzene rings is 1. The van der Waals surface area contributed by atoms with Gasteiger partial charge in [-0.25, -0.2) is 12.7 Å². The Morgan fingerprint density at radius 3 is 2.48 bits per heavy atom. The number of methoxy groups -OCH3 is 1. The zero-order valence-corrected chi connectivity index (χ0v) is 19.2. The quantitative estimate of drug-likeness (QED) is 0.431. The molecule has 0 spiro atoms. The molecule has 0 atom stereocenters. The molecule has 0 fully saturated rings. The highest BCUT2D eigenvalue weighted by atomic mass is 32.2. The number of hydrogen-bond acceptors (Lipinski definition) is 6. The highest BCUT2D eigenvalue weighted by molar-refractivity contribution is 7.89. The number of rotatable bonds is 11. The van der Waals surface area contributed by atoms with Gasteiger partial charge in [0.25, 0.3) is 0 Å². The molecule has 0 aliphatic carbocycles. The molecule has 0 N–H and O–H groups in total. The van der Waals surface area contributed by atoms with E-state index in [-0.39, 0.29) is 23.8 Å². The van der Waals surface area contributed by atoms with Crippen molar-refractivity contribution in [2.45, 2.75) is 30.8 Å². The molecule has 0 radical (unpaired) electrons. The zero-order chi connectivity index (χ0) is 22.3. The molecule has 0 aliphatic rings. The Labute approximate surface area is 186 Å². The standard InChI is InChI=1S/C22H26N2O5S2/c1-23(31(26,27)21-11-9-18(28-2)10-12-21)13-3-8-22(25)24(16-19-6-4-14-29-19)17-20-7-5-15-30-20/h4-7,9-12,14-15H,3,8,13,16-17H2,1-2H3. The lowest BCUT2D eigenvalue weighted by Crippen LogP contribution is -2.32. The van der Waals surface area contributed by atoms with Gasteiger partial charge in [-0.2, -0.15) is 0 Å². The zero-order valence-electron chi connectivity index (χ0n) is 17.6. The molecule has 7 nitrogen and oxygen atoms in total. The van der Waals surface area contributed by atoms with Crippen LogP contribution in [0.25, 0.3) is 0 Å². The van der Waals surface area contributed by atoms with E-state index in [9.17, 15) is 13.2 Å². The molecular formula is C22H26N2O5S2. The second kappa shape index (κ2) is 10.6. The first kappa shape index (κ1) is 23.1. The van der Waals surface area contributed by atoms with E-state index in [0.29, 0.717) is 31.0 Å². The summed E-state index contributed by atoms with van der Waals surface area (Å²) in [5.74, 6) is 1.26. The van der Waals surface area contributed by atoms with Gasteiger partial charge in [0, 0.05) is 24.9 Å². The first-order valence-corrected chi connectivity index (χ1v) is 12.1. The van der Waals surface area contributed by atoms with Crippen LogP contribution in [0.4, 0.5) is 0 Å². The van der Waals surface area contributed by atoms with Gasteiger partial charge in [0.2, 0.25) is 15.9 Å². The van der Waals surface area contributed by atoms with Crippen LogP contribution in [0, 0.1) is 0 Å². The highest BCUT2D eigenvalue weighted by Gasteiger charge is 2.22. The van der Waals surface area contributed by atoms with Gasteiger partial charge in [0.05, 0.1) is 31.4 Å². The largest absolute Gasteiger partial charge is 0.497 e. The summed E-state index contributed by atoms with van der Waals surface area (Å²) in [6.07, 6.45) is 2.25. The Morgan fingerprint density at radius 2 is 1.87 bits per heavy atom. The van der Waals surface area contributed by atoms with Gasteiger partial charge in [-0.15, -0.1) is 11.3 Å². The van der Waals surface area contributed by atoms with Crippen molar-refractivity contribution < 1.29 is 22.4 Å². The maximum Gasteiger partial charge on any atom is 0.242 e. The van der Waals surface area contributed by atoms with Crippen LogP contribution >= 0.6 is 11.3 Å². The third kappa shape index (κ3) is 6.19. The predicted molar refractivity (Wildman–Crippen MR) is 119 cm³/mol. The third-order valence-corrected chi connectivity index (χ3v) is 7.57. The topological polar surface area (TPSA) is 80.1 Å². The third-order valence-electron chi connectivity index (χ3n) is 4.84. The number of furan rings is 1. The van der Waals surface area contributed by atoms with E-state index < -0.39 is 10.0 Å². The Bertz CT molecular complexity index is 1010. The van der Waals surface area contributed by atoms with Gasteiger partial charge >= 0.3 is 0 Å². The van der Waals surface area contributed by atoms with Crippen molar-refractivity contribution in [3.63, 3.8) is 0 Å². The molecular weight excluding hydrogens is 436 g/mol. The summed E-state index contributed by atoms with van der Waals surface area (Å²) in [6.45, 7) is 1.12. The molecule has 0 saturated heterocycles. The van der Waals surface area contributed by atoms with Gasteiger partial charge in [0.15, 0.2) is 0 Å². The predicted octanol–water partition coefficient (Wildman–Crippen LogP) is 3.98. The maximum atomic E-state index is 12.9. The molecule has 0 saturated carbocycles. The number of carbonyl (C=O) groups excluding carboxylic acids is 1. The molecule has 3 aromatic rings. The second-order valence-electron chi connectivity index (χ2n) is 7.01. The van der Waals surface area contributed by atoms with E-state index in [1.807, 2.05) is 23.6 Å². The van der Waals surface area contributed by atoms with Crippen molar-refractivity contribution in [3.8, 4) is 5.75 Å². The van der Waals surface area contributed by atoms with Crippen molar-refractivity contribution >= 4 is 27.3 Å². The molecule has 9 heteroatoms.